The molecule has 2 nitrogen and oxygen atoms in total. The van der Waals surface area contributed by atoms with Gasteiger partial charge in [-0.2, -0.15) is 0 Å². The fourth-order valence-corrected chi connectivity index (χ4v) is 1.35. The quantitative estimate of drug-likeness (QED) is 0.724. The Morgan fingerprint density at radius 1 is 1.46 bits per heavy atom. The zero-order chi connectivity index (χ0) is 9.84. The van der Waals surface area contributed by atoms with Crippen LogP contribution in [0, 0.1) is 0 Å². The van der Waals surface area contributed by atoms with Gasteiger partial charge >= 0.3 is 0 Å². The van der Waals surface area contributed by atoms with Crippen molar-refractivity contribution in [1.82, 2.24) is 0 Å². The summed E-state index contributed by atoms with van der Waals surface area (Å²) in [4.78, 5) is 0. The van der Waals surface area contributed by atoms with Crippen LogP contribution in [0.1, 0.15) is 31.7 Å². The lowest BCUT2D eigenvalue weighted by molar-refractivity contribution is 0.415. The van der Waals surface area contributed by atoms with E-state index in [4.69, 9.17) is 10.5 Å². The Kier molecular flexibility index (Phi) is 3.18. The Balaban J connectivity index is 2.98. The van der Waals surface area contributed by atoms with Crippen LogP contribution in [-0.4, -0.2) is 7.11 Å². The topological polar surface area (TPSA) is 35.2 Å². The first kappa shape index (κ1) is 9.90. The summed E-state index contributed by atoms with van der Waals surface area (Å²) in [6, 6.07) is 5.88. The van der Waals surface area contributed by atoms with E-state index in [-0.39, 0.29) is 0 Å². The van der Waals surface area contributed by atoms with E-state index in [0.717, 1.165) is 17.9 Å². The molecule has 1 rings (SSSR count). The van der Waals surface area contributed by atoms with Crippen LogP contribution in [0.2, 0.25) is 0 Å². The molecule has 72 valence electrons. The first-order valence-electron chi connectivity index (χ1n) is 4.62. The van der Waals surface area contributed by atoms with Crippen molar-refractivity contribution in [3.8, 4) is 5.75 Å². The summed E-state index contributed by atoms with van der Waals surface area (Å²) in [7, 11) is 1.65. The zero-order valence-corrected chi connectivity index (χ0v) is 8.50. The Labute approximate surface area is 79.7 Å². The van der Waals surface area contributed by atoms with E-state index < -0.39 is 0 Å². The second kappa shape index (κ2) is 4.17. The third-order valence-electron chi connectivity index (χ3n) is 2.44. The molecule has 0 aliphatic heterocycles. The van der Waals surface area contributed by atoms with Crippen LogP contribution in [0.3, 0.4) is 0 Å². The minimum absolute atomic E-state index is 0.519. The molecule has 13 heavy (non-hydrogen) atoms. The van der Waals surface area contributed by atoms with Crippen LogP contribution in [0.4, 0.5) is 5.69 Å². The number of hydrogen-bond acceptors (Lipinski definition) is 2. The van der Waals surface area contributed by atoms with Gasteiger partial charge in [0.15, 0.2) is 0 Å². The number of benzene rings is 1. The maximum absolute atomic E-state index is 5.89. The van der Waals surface area contributed by atoms with Crippen molar-refractivity contribution < 1.29 is 4.74 Å². The summed E-state index contributed by atoms with van der Waals surface area (Å²) in [5.41, 5.74) is 7.93. The molecule has 0 aliphatic carbocycles. The number of rotatable bonds is 3. The van der Waals surface area contributed by atoms with E-state index in [2.05, 4.69) is 13.8 Å². The Morgan fingerprint density at radius 3 is 2.62 bits per heavy atom. The van der Waals surface area contributed by atoms with Crippen LogP contribution >= 0.6 is 0 Å². The molecule has 0 fully saturated rings. The lowest BCUT2D eigenvalue weighted by Crippen LogP contribution is -1.98. The molecule has 2 N–H and O–H groups in total. The maximum Gasteiger partial charge on any atom is 0.120 e. The molecule has 1 aromatic rings. The third-order valence-corrected chi connectivity index (χ3v) is 2.44. The highest BCUT2D eigenvalue weighted by Gasteiger charge is 2.07. The maximum atomic E-state index is 5.89. The number of ether oxygens (including phenoxy) is 1. The summed E-state index contributed by atoms with van der Waals surface area (Å²) in [6.07, 6.45) is 1.11. The molecule has 0 bridgehead atoms. The summed E-state index contributed by atoms with van der Waals surface area (Å²) in [5.74, 6) is 1.34. The van der Waals surface area contributed by atoms with E-state index in [9.17, 15) is 0 Å². The highest BCUT2D eigenvalue weighted by Crippen LogP contribution is 2.27. The average Bonchev–Trinajstić information content (AvgIpc) is 2.16. The van der Waals surface area contributed by atoms with Gasteiger partial charge in [0.1, 0.15) is 5.75 Å². The lowest BCUT2D eigenvalue weighted by atomic mass is 9.97. The van der Waals surface area contributed by atoms with Crippen LogP contribution in [0.5, 0.6) is 5.75 Å². The van der Waals surface area contributed by atoms with Crippen molar-refractivity contribution in [3.05, 3.63) is 23.8 Å². The zero-order valence-electron chi connectivity index (χ0n) is 8.50. The van der Waals surface area contributed by atoms with Crippen molar-refractivity contribution >= 4 is 5.69 Å². The van der Waals surface area contributed by atoms with Gasteiger partial charge in [0.25, 0.3) is 0 Å². The van der Waals surface area contributed by atoms with Gasteiger partial charge in [-0.15, -0.1) is 0 Å². The molecule has 1 atom stereocenters. The Bertz CT molecular complexity index is 283. The molecule has 0 radical (unpaired) electrons. The number of hydrogen-bond donors (Lipinski definition) is 1. The first-order chi connectivity index (χ1) is 6.19. The van der Waals surface area contributed by atoms with E-state index in [0.29, 0.717) is 5.92 Å². The van der Waals surface area contributed by atoms with E-state index in [1.54, 1.807) is 7.11 Å². The number of nitrogens with two attached hydrogens (primary N) is 1. The van der Waals surface area contributed by atoms with E-state index in [1.165, 1.54) is 5.56 Å². The average molecular weight is 179 g/mol. The normalized spacial score (nSPS) is 12.5. The Morgan fingerprint density at radius 2 is 2.15 bits per heavy atom. The largest absolute Gasteiger partial charge is 0.497 e. The van der Waals surface area contributed by atoms with Crippen LogP contribution < -0.4 is 10.5 Å². The highest BCUT2D eigenvalue weighted by atomic mass is 16.5. The number of methoxy groups -OCH3 is 1. The van der Waals surface area contributed by atoms with Gasteiger partial charge in [-0.05, 0) is 24.0 Å². The van der Waals surface area contributed by atoms with Gasteiger partial charge in [-0.25, -0.2) is 0 Å². The minimum atomic E-state index is 0.519. The summed E-state index contributed by atoms with van der Waals surface area (Å²) < 4.78 is 5.08. The summed E-state index contributed by atoms with van der Waals surface area (Å²) in [6.45, 7) is 4.34. The van der Waals surface area contributed by atoms with Crippen molar-refractivity contribution in [2.45, 2.75) is 26.2 Å². The molecule has 0 saturated heterocycles. The molecule has 0 aromatic heterocycles. The fraction of sp³-hybridized carbons (Fsp3) is 0.455. The van der Waals surface area contributed by atoms with Gasteiger partial charge < -0.3 is 10.5 Å². The SMILES string of the molecule is CCC(C)c1ccc(OC)cc1N. The fourth-order valence-electron chi connectivity index (χ4n) is 1.35. The first-order valence-corrected chi connectivity index (χ1v) is 4.62. The smallest absolute Gasteiger partial charge is 0.120 e. The molecule has 0 saturated carbocycles. The molecule has 0 aliphatic rings. The van der Waals surface area contributed by atoms with Crippen LogP contribution in [0.15, 0.2) is 18.2 Å². The van der Waals surface area contributed by atoms with Gasteiger partial charge in [0, 0.05) is 11.8 Å². The highest BCUT2D eigenvalue weighted by molar-refractivity contribution is 5.52. The number of nitrogen functional groups attached to an aromatic ring is 1. The van der Waals surface area contributed by atoms with Crippen molar-refractivity contribution in [2.24, 2.45) is 0 Å². The number of anilines is 1. The van der Waals surface area contributed by atoms with Gasteiger partial charge in [0.2, 0.25) is 0 Å². The third kappa shape index (κ3) is 2.14. The molecular weight excluding hydrogens is 162 g/mol. The van der Waals surface area contributed by atoms with Crippen LogP contribution in [-0.2, 0) is 0 Å². The second-order valence-corrected chi connectivity index (χ2v) is 3.30. The monoisotopic (exact) mass is 179 g/mol. The van der Waals surface area contributed by atoms with Crippen LogP contribution in [0.25, 0.3) is 0 Å². The molecule has 0 heterocycles. The van der Waals surface area contributed by atoms with Gasteiger partial charge in [-0.1, -0.05) is 19.9 Å². The predicted molar refractivity (Wildman–Crippen MR) is 56.1 cm³/mol. The van der Waals surface area contributed by atoms with Gasteiger partial charge in [0.05, 0.1) is 7.11 Å². The van der Waals surface area contributed by atoms with Crippen molar-refractivity contribution in [3.63, 3.8) is 0 Å². The van der Waals surface area contributed by atoms with Crippen molar-refractivity contribution in [1.29, 1.82) is 0 Å². The van der Waals surface area contributed by atoms with E-state index in [1.807, 2.05) is 18.2 Å². The molecule has 1 unspecified atom stereocenters. The molecule has 2 heteroatoms. The summed E-state index contributed by atoms with van der Waals surface area (Å²) in [5, 5.41) is 0. The second-order valence-electron chi connectivity index (χ2n) is 3.30. The molecule has 0 amide bonds. The summed E-state index contributed by atoms with van der Waals surface area (Å²) >= 11 is 0. The van der Waals surface area contributed by atoms with E-state index >= 15 is 0 Å². The Hall–Kier alpha value is -1.18. The molecule has 0 spiro atoms. The molecular formula is C11H17NO. The predicted octanol–water partition coefficient (Wildman–Crippen LogP) is 2.79. The standard InChI is InChI=1S/C11H17NO/c1-4-8(2)10-6-5-9(13-3)7-11(10)12/h5-8H,4,12H2,1-3H3. The minimum Gasteiger partial charge on any atom is -0.497 e. The molecule has 1 aromatic carbocycles. The van der Waals surface area contributed by atoms with Crippen molar-refractivity contribution in [2.75, 3.05) is 12.8 Å². The lowest BCUT2D eigenvalue weighted by Gasteiger charge is -2.12. The van der Waals surface area contributed by atoms with Gasteiger partial charge in [-0.3, -0.25) is 0 Å².